The van der Waals surface area contributed by atoms with Gasteiger partial charge in [0.15, 0.2) is 0 Å². The van der Waals surface area contributed by atoms with Crippen LogP contribution in [0.2, 0.25) is 0 Å². The molecule has 18 heavy (non-hydrogen) atoms. The second kappa shape index (κ2) is 6.48. The number of rotatable bonds is 7. The van der Waals surface area contributed by atoms with Gasteiger partial charge in [0.1, 0.15) is 0 Å². The molecule has 1 aromatic carbocycles. The van der Waals surface area contributed by atoms with Crippen LogP contribution in [0.5, 0.6) is 0 Å². The second-order valence-corrected chi connectivity index (χ2v) is 4.02. The number of benzene rings is 1. The SMILES string of the molecule is NC(=O)CCCCNc1cc(C(N)=O)ccc1N. The summed E-state index contributed by atoms with van der Waals surface area (Å²) in [5, 5.41) is 3.10. The van der Waals surface area contributed by atoms with Gasteiger partial charge in [0.05, 0.1) is 11.4 Å². The molecular weight excluding hydrogens is 232 g/mol. The van der Waals surface area contributed by atoms with Crippen LogP contribution in [0.4, 0.5) is 11.4 Å². The number of anilines is 2. The van der Waals surface area contributed by atoms with Crippen LogP contribution in [-0.2, 0) is 4.79 Å². The molecule has 0 aliphatic heterocycles. The zero-order chi connectivity index (χ0) is 13.5. The first-order valence-electron chi connectivity index (χ1n) is 5.72. The van der Waals surface area contributed by atoms with Crippen LogP contribution in [-0.4, -0.2) is 18.4 Å². The van der Waals surface area contributed by atoms with E-state index < -0.39 is 5.91 Å². The van der Waals surface area contributed by atoms with Crippen molar-refractivity contribution in [2.45, 2.75) is 19.3 Å². The number of carbonyl (C=O) groups excluding carboxylic acids is 2. The van der Waals surface area contributed by atoms with Crippen molar-refractivity contribution in [1.82, 2.24) is 0 Å². The highest BCUT2D eigenvalue weighted by Crippen LogP contribution is 2.19. The van der Waals surface area contributed by atoms with Gasteiger partial charge in [-0.05, 0) is 31.0 Å². The van der Waals surface area contributed by atoms with E-state index in [0.29, 0.717) is 29.9 Å². The van der Waals surface area contributed by atoms with Crippen molar-refractivity contribution >= 4 is 23.2 Å². The van der Waals surface area contributed by atoms with Crippen LogP contribution in [0.1, 0.15) is 29.6 Å². The Morgan fingerprint density at radius 1 is 1.17 bits per heavy atom. The number of primary amides is 2. The molecule has 0 aliphatic rings. The maximum atomic E-state index is 11.0. The molecule has 0 saturated heterocycles. The molecule has 2 amide bonds. The van der Waals surface area contributed by atoms with Gasteiger partial charge in [0.25, 0.3) is 0 Å². The first kappa shape index (κ1) is 13.8. The van der Waals surface area contributed by atoms with Crippen LogP contribution in [0.3, 0.4) is 0 Å². The summed E-state index contributed by atoms with van der Waals surface area (Å²) in [6.07, 6.45) is 1.89. The summed E-state index contributed by atoms with van der Waals surface area (Å²) in [4.78, 5) is 21.6. The molecule has 0 aliphatic carbocycles. The molecule has 0 unspecified atom stereocenters. The van der Waals surface area contributed by atoms with Gasteiger partial charge in [-0.15, -0.1) is 0 Å². The monoisotopic (exact) mass is 250 g/mol. The highest BCUT2D eigenvalue weighted by molar-refractivity contribution is 5.94. The lowest BCUT2D eigenvalue weighted by molar-refractivity contribution is -0.118. The first-order valence-corrected chi connectivity index (χ1v) is 5.72. The molecule has 6 nitrogen and oxygen atoms in total. The molecule has 0 aromatic heterocycles. The molecule has 1 aromatic rings. The second-order valence-electron chi connectivity index (χ2n) is 4.02. The molecule has 7 N–H and O–H groups in total. The lowest BCUT2D eigenvalue weighted by Crippen LogP contribution is -2.13. The topological polar surface area (TPSA) is 124 Å². The molecule has 1 rings (SSSR count). The maximum absolute atomic E-state index is 11.0. The van der Waals surface area contributed by atoms with Gasteiger partial charge in [0.2, 0.25) is 11.8 Å². The van der Waals surface area contributed by atoms with E-state index in [4.69, 9.17) is 17.2 Å². The Labute approximate surface area is 106 Å². The lowest BCUT2D eigenvalue weighted by atomic mass is 10.1. The summed E-state index contributed by atoms with van der Waals surface area (Å²) >= 11 is 0. The average Bonchev–Trinajstić information content (AvgIpc) is 2.30. The smallest absolute Gasteiger partial charge is 0.248 e. The Morgan fingerprint density at radius 3 is 2.50 bits per heavy atom. The minimum Gasteiger partial charge on any atom is -0.397 e. The van der Waals surface area contributed by atoms with Crippen molar-refractivity contribution < 1.29 is 9.59 Å². The van der Waals surface area contributed by atoms with Gasteiger partial charge in [0, 0.05) is 18.5 Å². The van der Waals surface area contributed by atoms with Crippen LogP contribution in [0.25, 0.3) is 0 Å². The van der Waals surface area contributed by atoms with Crippen molar-refractivity contribution in [2.24, 2.45) is 11.5 Å². The Hall–Kier alpha value is -2.24. The van der Waals surface area contributed by atoms with Gasteiger partial charge in [-0.3, -0.25) is 9.59 Å². The van der Waals surface area contributed by atoms with Crippen LogP contribution < -0.4 is 22.5 Å². The number of unbranched alkanes of at least 4 members (excludes halogenated alkanes) is 1. The normalized spacial score (nSPS) is 10.0. The molecule has 0 saturated carbocycles. The summed E-state index contributed by atoms with van der Waals surface area (Å²) < 4.78 is 0. The molecule has 0 fully saturated rings. The van der Waals surface area contributed by atoms with Gasteiger partial charge in [-0.1, -0.05) is 0 Å². The summed E-state index contributed by atoms with van der Waals surface area (Å²) in [6, 6.07) is 4.83. The zero-order valence-electron chi connectivity index (χ0n) is 10.1. The third-order valence-electron chi connectivity index (χ3n) is 2.50. The molecular formula is C12H18N4O2. The van der Waals surface area contributed by atoms with E-state index in [9.17, 15) is 9.59 Å². The van der Waals surface area contributed by atoms with Crippen molar-refractivity contribution in [3.63, 3.8) is 0 Å². The number of hydrogen-bond acceptors (Lipinski definition) is 4. The van der Waals surface area contributed by atoms with E-state index >= 15 is 0 Å². The van der Waals surface area contributed by atoms with E-state index in [-0.39, 0.29) is 5.91 Å². The molecule has 0 heterocycles. The van der Waals surface area contributed by atoms with E-state index in [1.54, 1.807) is 18.2 Å². The molecule has 0 atom stereocenters. The number of nitrogen functional groups attached to an aromatic ring is 1. The molecule has 0 spiro atoms. The molecule has 98 valence electrons. The van der Waals surface area contributed by atoms with E-state index in [1.165, 1.54) is 0 Å². The Kier molecular flexibility index (Phi) is 4.98. The lowest BCUT2D eigenvalue weighted by Gasteiger charge is -2.10. The molecule has 6 heteroatoms. The van der Waals surface area contributed by atoms with Crippen molar-refractivity contribution in [1.29, 1.82) is 0 Å². The number of hydrogen-bond donors (Lipinski definition) is 4. The minimum absolute atomic E-state index is 0.301. The van der Waals surface area contributed by atoms with Gasteiger partial charge < -0.3 is 22.5 Å². The Morgan fingerprint density at radius 2 is 1.89 bits per heavy atom. The Bertz CT molecular complexity index is 446. The van der Waals surface area contributed by atoms with Crippen LogP contribution in [0, 0.1) is 0 Å². The maximum Gasteiger partial charge on any atom is 0.248 e. The van der Waals surface area contributed by atoms with E-state index in [0.717, 1.165) is 12.8 Å². The summed E-state index contributed by atoms with van der Waals surface area (Å²) in [7, 11) is 0. The zero-order valence-corrected chi connectivity index (χ0v) is 10.1. The number of nitrogens with two attached hydrogens (primary N) is 3. The van der Waals surface area contributed by atoms with Crippen molar-refractivity contribution in [2.75, 3.05) is 17.6 Å². The number of nitrogens with one attached hydrogen (secondary N) is 1. The summed E-state index contributed by atoms with van der Waals surface area (Å²) in [6.45, 7) is 0.652. The highest BCUT2D eigenvalue weighted by atomic mass is 16.1. The third-order valence-corrected chi connectivity index (χ3v) is 2.50. The average molecular weight is 250 g/mol. The fourth-order valence-corrected chi connectivity index (χ4v) is 1.51. The first-order chi connectivity index (χ1) is 8.50. The number of amides is 2. The summed E-state index contributed by atoms with van der Waals surface area (Å²) in [5.74, 6) is -0.794. The standard InChI is InChI=1S/C12H18N4O2/c13-9-5-4-8(12(15)18)7-10(9)16-6-2-1-3-11(14)17/h4-5,7,16H,1-3,6,13H2,(H2,14,17)(H2,15,18). The largest absolute Gasteiger partial charge is 0.397 e. The minimum atomic E-state index is -0.494. The number of carbonyl (C=O) groups is 2. The molecule has 0 bridgehead atoms. The highest BCUT2D eigenvalue weighted by Gasteiger charge is 2.04. The van der Waals surface area contributed by atoms with Crippen LogP contribution in [0.15, 0.2) is 18.2 Å². The van der Waals surface area contributed by atoms with Crippen molar-refractivity contribution in [3.8, 4) is 0 Å². The Balaban J connectivity index is 2.48. The van der Waals surface area contributed by atoms with Gasteiger partial charge >= 0.3 is 0 Å². The van der Waals surface area contributed by atoms with Gasteiger partial charge in [-0.2, -0.15) is 0 Å². The van der Waals surface area contributed by atoms with E-state index in [2.05, 4.69) is 5.32 Å². The summed E-state index contributed by atoms with van der Waals surface area (Å²) in [5.41, 5.74) is 17.6. The quantitative estimate of drug-likeness (QED) is 0.414. The fraction of sp³-hybridized carbons (Fsp3) is 0.333. The fourth-order valence-electron chi connectivity index (χ4n) is 1.51. The van der Waals surface area contributed by atoms with E-state index in [1.807, 2.05) is 0 Å². The van der Waals surface area contributed by atoms with Gasteiger partial charge in [-0.25, -0.2) is 0 Å². The molecule has 0 radical (unpaired) electrons. The predicted octanol–water partition coefficient (Wildman–Crippen LogP) is 0.435. The van der Waals surface area contributed by atoms with Crippen molar-refractivity contribution in [3.05, 3.63) is 23.8 Å². The van der Waals surface area contributed by atoms with Crippen LogP contribution >= 0.6 is 0 Å². The predicted molar refractivity (Wildman–Crippen MR) is 70.9 cm³/mol. The third kappa shape index (κ3) is 4.32.